The van der Waals surface area contributed by atoms with Crippen molar-refractivity contribution in [3.8, 4) is 23.3 Å². The SMILES string of the molecule is COc1cc(Nc2cc(C#N)nn(C3CCOc4ccc(F)cc43)c2=O)ccc1-n1cnc(C)c1. The summed E-state index contributed by atoms with van der Waals surface area (Å²) in [5, 5.41) is 16.9. The molecular weight excluding hydrogens is 451 g/mol. The molecule has 9 nitrogen and oxygen atoms in total. The number of hydrogen-bond acceptors (Lipinski definition) is 7. The largest absolute Gasteiger partial charge is 0.494 e. The Bertz CT molecular complexity index is 1520. The van der Waals surface area contributed by atoms with Gasteiger partial charge in [-0.15, -0.1) is 0 Å². The Balaban J connectivity index is 1.54. The molecule has 0 saturated heterocycles. The molecule has 35 heavy (non-hydrogen) atoms. The number of nitriles is 1. The molecule has 1 unspecified atom stereocenters. The molecule has 5 rings (SSSR count). The Hall–Kier alpha value is -4.65. The van der Waals surface area contributed by atoms with Gasteiger partial charge >= 0.3 is 0 Å². The van der Waals surface area contributed by atoms with E-state index in [-0.39, 0.29) is 11.4 Å². The molecule has 1 atom stereocenters. The van der Waals surface area contributed by atoms with E-state index in [1.54, 1.807) is 25.6 Å². The van der Waals surface area contributed by atoms with Crippen molar-refractivity contribution in [3.05, 3.63) is 88.1 Å². The molecule has 0 spiro atoms. The monoisotopic (exact) mass is 472 g/mol. The van der Waals surface area contributed by atoms with Gasteiger partial charge in [-0.25, -0.2) is 14.1 Å². The summed E-state index contributed by atoms with van der Waals surface area (Å²) in [7, 11) is 1.56. The van der Waals surface area contributed by atoms with Gasteiger partial charge < -0.3 is 19.4 Å². The van der Waals surface area contributed by atoms with Gasteiger partial charge in [0.1, 0.15) is 29.1 Å². The van der Waals surface area contributed by atoms with Gasteiger partial charge in [-0.2, -0.15) is 10.4 Å². The number of ether oxygens (including phenoxy) is 2. The van der Waals surface area contributed by atoms with Crippen molar-refractivity contribution in [1.29, 1.82) is 5.26 Å². The van der Waals surface area contributed by atoms with Crippen molar-refractivity contribution in [3.63, 3.8) is 0 Å². The Morgan fingerprint density at radius 2 is 2.11 bits per heavy atom. The number of imidazole rings is 1. The van der Waals surface area contributed by atoms with Gasteiger partial charge in [-0.05, 0) is 37.3 Å². The zero-order chi connectivity index (χ0) is 24.5. The summed E-state index contributed by atoms with van der Waals surface area (Å²) >= 11 is 0. The van der Waals surface area contributed by atoms with Crippen molar-refractivity contribution in [1.82, 2.24) is 19.3 Å². The minimum Gasteiger partial charge on any atom is -0.494 e. The molecule has 1 aliphatic heterocycles. The third-order valence-electron chi connectivity index (χ3n) is 5.77. The van der Waals surface area contributed by atoms with E-state index in [0.717, 1.165) is 11.4 Å². The molecule has 0 bridgehead atoms. The van der Waals surface area contributed by atoms with Crippen molar-refractivity contribution < 1.29 is 13.9 Å². The summed E-state index contributed by atoms with van der Waals surface area (Å²) in [6.45, 7) is 2.23. The van der Waals surface area contributed by atoms with Crippen molar-refractivity contribution in [2.45, 2.75) is 19.4 Å². The van der Waals surface area contributed by atoms with Gasteiger partial charge in [0.15, 0.2) is 5.69 Å². The van der Waals surface area contributed by atoms with E-state index in [9.17, 15) is 14.4 Å². The molecule has 0 radical (unpaired) electrons. The molecule has 1 N–H and O–H groups in total. The number of methoxy groups -OCH3 is 1. The second kappa shape index (κ2) is 8.95. The van der Waals surface area contributed by atoms with Crippen LogP contribution in [0.25, 0.3) is 5.69 Å². The number of nitrogens with zero attached hydrogens (tertiary/aromatic N) is 5. The highest BCUT2D eigenvalue weighted by atomic mass is 19.1. The standard InChI is InChI=1S/C25H21FN6O3/c1-15-13-31(14-28-15)22-5-4-17(11-24(22)34-2)29-20-10-18(12-27)30-32(25(20)33)21-7-8-35-23-6-3-16(26)9-19(21)23/h3-6,9-11,13-14,21,29H,7-8H2,1-2H3. The number of rotatable bonds is 5. The van der Waals surface area contributed by atoms with Gasteiger partial charge in [0.2, 0.25) is 0 Å². The third kappa shape index (κ3) is 4.19. The van der Waals surface area contributed by atoms with Crippen LogP contribution in [0.3, 0.4) is 0 Å². The van der Waals surface area contributed by atoms with E-state index in [0.29, 0.717) is 35.8 Å². The van der Waals surface area contributed by atoms with E-state index in [1.165, 1.54) is 28.9 Å². The van der Waals surface area contributed by atoms with Crippen LogP contribution >= 0.6 is 0 Å². The third-order valence-corrected chi connectivity index (χ3v) is 5.77. The zero-order valence-corrected chi connectivity index (χ0v) is 19.0. The van der Waals surface area contributed by atoms with Crippen LogP contribution < -0.4 is 20.3 Å². The number of halogens is 1. The number of benzene rings is 2. The quantitative estimate of drug-likeness (QED) is 0.470. The number of fused-ring (bicyclic) bond motifs is 1. The summed E-state index contributed by atoms with van der Waals surface area (Å²) in [5.41, 5.74) is 2.50. The van der Waals surface area contributed by atoms with Crippen LogP contribution in [0.15, 0.2) is 59.8 Å². The van der Waals surface area contributed by atoms with Gasteiger partial charge in [0, 0.05) is 36.0 Å². The Morgan fingerprint density at radius 1 is 1.26 bits per heavy atom. The minimum absolute atomic E-state index is 0.0500. The lowest BCUT2D eigenvalue weighted by molar-refractivity contribution is 0.246. The molecule has 1 aliphatic rings. The molecule has 0 saturated carbocycles. The molecule has 0 amide bonds. The lowest BCUT2D eigenvalue weighted by Crippen LogP contribution is -2.33. The molecule has 176 valence electrons. The summed E-state index contributed by atoms with van der Waals surface area (Å²) < 4.78 is 28.2. The molecule has 0 aliphatic carbocycles. The molecule has 3 heterocycles. The fourth-order valence-electron chi connectivity index (χ4n) is 4.15. The van der Waals surface area contributed by atoms with Gasteiger partial charge in [0.05, 0.1) is 37.5 Å². The van der Waals surface area contributed by atoms with E-state index >= 15 is 0 Å². The van der Waals surface area contributed by atoms with Crippen LogP contribution in [-0.2, 0) is 0 Å². The first-order chi connectivity index (χ1) is 17.0. The summed E-state index contributed by atoms with van der Waals surface area (Å²) in [5.74, 6) is 0.613. The molecule has 4 aromatic rings. The summed E-state index contributed by atoms with van der Waals surface area (Å²) in [4.78, 5) is 17.7. The molecule has 10 heteroatoms. The summed E-state index contributed by atoms with van der Waals surface area (Å²) in [6, 6.07) is 12.4. The first-order valence-corrected chi connectivity index (χ1v) is 10.9. The Morgan fingerprint density at radius 3 is 2.86 bits per heavy atom. The lowest BCUT2D eigenvalue weighted by Gasteiger charge is -2.27. The second-order valence-electron chi connectivity index (χ2n) is 8.07. The van der Waals surface area contributed by atoms with Crippen LogP contribution in [0.4, 0.5) is 15.8 Å². The lowest BCUT2D eigenvalue weighted by atomic mass is 10.0. The predicted molar refractivity (Wildman–Crippen MR) is 126 cm³/mol. The maximum Gasteiger partial charge on any atom is 0.291 e. The molecule has 2 aromatic carbocycles. The molecular formula is C25H21FN6O3. The minimum atomic E-state index is -0.572. The van der Waals surface area contributed by atoms with Crippen molar-refractivity contribution in [2.75, 3.05) is 19.0 Å². The fraction of sp³-hybridized carbons (Fsp3) is 0.200. The first-order valence-electron chi connectivity index (χ1n) is 10.9. The van der Waals surface area contributed by atoms with Crippen molar-refractivity contribution >= 4 is 11.4 Å². The van der Waals surface area contributed by atoms with Gasteiger partial charge in [-0.1, -0.05) is 0 Å². The van der Waals surface area contributed by atoms with Crippen LogP contribution in [-0.4, -0.2) is 33.0 Å². The Kier molecular flexibility index (Phi) is 5.66. The number of anilines is 2. The normalized spacial score (nSPS) is 14.5. The van der Waals surface area contributed by atoms with E-state index in [1.807, 2.05) is 29.8 Å². The van der Waals surface area contributed by atoms with Crippen LogP contribution in [0.1, 0.15) is 29.4 Å². The maximum absolute atomic E-state index is 14.0. The average molecular weight is 472 g/mol. The number of nitrogens with one attached hydrogen (secondary N) is 1. The number of aromatic nitrogens is 4. The number of aryl methyl sites for hydroxylation is 1. The Labute approximate surface area is 200 Å². The van der Waals surface area contributed by atoms with Crippen LogP contribution in [0.2, 0.25) is 0 Å². The number of hydrogen-bond donors (Lipinski definition) is 1. The highest BCUT2D eigenvalue weighted by Gasteiger charge is 2.27. The van der Waals surface area contributed by atoms with Gasteiger partial charge in [0.25, 0.3) is 5.56 Å². The molecule has 2 aromatic heterocycles. The predicted octanol–water partition coefficient (Wildman–Crippen LogP) is 3.87. The molecule has 0 fully saturated rings. The van der Waals surface area contributed by atoms with Gasteiger partial charge in [-0.3, -0.25) is 4.79 Å². The zero-order valence-electron chi connectivity index (χ0n) is 19.0. The fourth-order valence-corrected chi connectivity index (χ4v) is 4.15. The smallest absolute Gasteiger partial charge is 0.291 e. The summed E-state index contributed by atoms with van der Waals surface area (Å²) in [6.07, 6.45) is 3.97. The average Bonchev–Trinajstić information content (AvgIpc) is 3.30. The topological polar surface area (TPSA) is 107 Å². The van der Waals surface area contributed by atoms with Crippen molar-refractivity contribution in [2.24, 2.45) is 0 Å². The highest BCUT2D eigenvalue weighted by Crippen LogP contribution is 2.34. The van der Waals surface area contributed by atoms with Crippen LogP contribution in [0.5, 0.6) is 11.5 Å². The second-order valence-corrected chi connectivity index (χ2v) is 8.07. The van der Waals surface area contributed by atoms with E-state index < -0.39 is 17.4 Å². The highest BCUT2D eigenvalue weighted by molar-refractivity contribution is 5.65. The van der Waals surface area contributed by atoms with Crippen LogP contribution in [0, 0.1) is 24.1 Å². The van der Waals surface area contributed by atoms with E-state index in [4.69, 9.17) is 9.47 Å². The first kappa shape index (κ1) is 22.2. The van der Waals surface area contributed by atoms with E-state index in [2.05, 4.69) is 15.4 Å². The maximum atomic E-state index is 14.0.